The Hall–Kier alpha value is -3.07. The van der Waals surface area contributed by atoms with Crippen molar-refractivity contribution in [2.45, 2.75) is 44.7 Å². The molecule has 3 aromatic carbocycles. The average Bonchev–Trinajstić information content (AvgIpc) is 2.89. The SMILES string of the molecule is CC[C@H](C(=O)NC)N(Cc1ccccc1Cl)C(=O)CN(c1cccc(Cl)c1C)S(=O)(=O)c1ccc(C)cc1. The van der Waals surface area contributed by atoms with E-state index >= 15 is 0 Å². The van der Waals surface area contributed by atoms with E-state index in [-0.39, 0.29) is 23.0 Å². The van der Waals surface area contributed by atoms with Crippen molar-refractivity contribution in [3.8, 4) is 0 Å². The van der Waals surface area contributed by atoms with Crippen LogP contribution >= 0.6 is 23.2 Å². The van der Waals surface area contributed by atoms with Crippen LogP contribution < -0.4 is 9.62 Å². The van der Waals surface area contributed by atoms with E-state index in [0.717, 1.165) is 9.87 Å². The summed E-state index contributed by atoms with van der Waals surface area (Å²) in [6.07, 6.45) is 0.316. The molecule has 0 radical (unpaired) electrons. The summed E-state index contributed by atoms with van der Waals surface area (Å²) < 4.78 is 28.9. The zero-order valence-electron chi connectivity index (χ0n) is 21.7. The molecule has 1 N–H and O–H groups in total. The second-order valence-corrected chi connectivity index (χ2v) is 11.5. The molecule has 0 saturated carbocycles. The number of benzene rings is 3. The number of nitrogens with one attached hydrogen (secondary N) is 1. The molecule has 0 aliphatic heterocycles. The summed E-state index contributed by atoms with van der Waals surface area (Å²) in [5.41, 5.74) is 2.32. The number of likely N-dealkylation sites (N-methyl/N-ethyl adjacent to an activating group) is 1. The van der Waals surface area contributed by atoms with Gasteiger partial charge in [-0.05, 0) is 61.7 Å². The van der Waals surface area contributed by atoms with Crippen LogP contribution in [0.25, 0.3) is 0 Å². The van der Waals surface area contributed by atoms with Gasteiger partial charge in [-0.25, -0.2) is 8.42 Å². The Balaban J connectivity index is 2.12. The van der Waals surface area contributed by atoms with Gasteiger partial charge in [-0.15, -0.1) is 0 Å². The number of carbonyl (C=O) groups excluding carboxylic acids is 2. The van der Waals surface area contributed by atoms with Crippen molar-refractivity contribution in [1.82, 2.24) is 10.2 Å². The van der Waals surface area contributed by atoms with Gasteiger partial charge in [0.2, 0.25) is 11.8 Å². The summed E-state index contributed by atoms with van der Waals surface area (Å²) in [6, 6.07) is 17.5. The molecule has 0 aliphatic carbocycles. The van der Waals surface area contributed by atoms with Crippen LogP contribution in [0.2, 0.25) is 10.0 Å². The maximum atomic E-state index is 14.0. The van der Waals surface area contributed by atoms with Gasteiger partial charge in [0.25, 0.3) is 10.0 Å². The number of sulfonamides is 1. The Labute approximate surface area is 234 Å². The maximum absolute atomic E-state index is 14.0. The van der Waals surface area contributed by atoms with Crippen molar-refractivity contribution < 1.29 is 18.0 Å². The van der Waals surface area contributed by atoms with E-state index in [1.165, 1.54) is 24.1 Å². The van der Waals surface area contributed by atoms with Crippen molar-refractivity contribution >= 4 is 50.7 Å². The summed E-state index contributed by atoms with van der Waals surface area (Å²) in [5.74, 6) is -0.921. The van der Waals surface area contributed by atoms with E-state index in [2.05, 4.69) is 5.32 Å². The van der Waals surface area contributed by atoms with Gasteiger partial charge in [0, 0.05) is 23.6 Å². The van der Waals surface area contributed by atoms with Gasteiger partial charge in [-0.3, -0.25) is 13.9 Å². The van der Waals surface area contributed by atoms with Gasteiger partial charge in [0.1, 0.15) is 12.6 Å². The molecule has 1 atom stereocenters. The number of hydrogen-bond donors (Lipinski definition) is 1. The van der Waals surface area contributed by atoms with Crippen molar-refractivity contribution in [3.63, 3.8) is 0 Å². The molecular weight excluding hydrogens is 545 g/mol. The van der Waals surface area contributed by atoms with Crippen LogP contribution in [0.4, 0.5) is 5.69 Å². The lowest BCUT2D eigenvalue weighted by molar-refractivity contribution is -0.140. The molecule has 10 heteroatoms. The third kappa shape index (κ3) is 6.49. The minimum absolute atomic E-state index is 0.0252. The zero-order chi connectivity index (χ0) is 28.0. The lowest BCUT2D eigenvalue weighted by Crippen LogP contribution is -2.51. The summed E-state index contributed by atoms with van der Waals surface area (Å²) in [6.45, 7) is 4.82. The summed E-state index contributed by atoms with van der Waals surface area (Å²) >= 11 is 12.7. The normalized spacial score (nSPS) is 12.1. The van der Waals surface area contributed by atoms with Crippen LogP contribution in [0.15, 0.2) is 71.6 Å². The molecule has 0 fully saturated rings. The van der Waals surface area contributed by atoms with Gasteiger partial charge in [0.15, 0.2) is 0 Å². The molecule has 0 aromatic heterocycles. The van der Waals surface area contributed by atoms with Crippen molar-refractivity contribution in [2.75, 3.05) is 17.9 Å². The van der Waals surface area contributed by atoms with Crippen molar-refractivity contribution in [1.29, 1.82) is 0 Å². The Morgan fingerprint density at radius 3 is 2.16 bits per heavy atom. The van der Waals surface area contributed by atoms with E-state index in [4.69, 9.17) is 23.2 Å². The number of rotatable bonds is 10. The fourth-order valence-corrected chi connectivity index (χ4v) is 5.95. The molecule has 0 heterocycles. The first-order chi connectivity index (χ1) is 18.0. The lowest BCUT2D eigenvalue weighted by Gasteiger charge is -2.33. The Kier molecular flexibility index (Phi) is 9.82. The molecule has 3 aromatic rings. The highest BCUT2D eigenvalue weighted by molar-refractivity contribution is 7.92. The first kappa shape index (κ1) is 29.5. The third-order valence-corrected chi connectivity index (χ3v) is 8.88. The fourth-order valence-electron chi connectivity index (χ4n) is 4.11. The molecule has 7 nitrogen and oxygen atoms in total. The second-order valence-electron chi connectivity index (χ2n) is 8.86. The molecule has 0 saturated heterocycles. The highest BCUT2D eigenvalue weighted by Crippen LogP contribution is 2.31. The van der Waals surface area contributed by atoms with E-state index in [0.29, 0.717) is 27.6 Å². The van der Waals surface area contributed by atoms with Crippen LogP contribution in [0.3, 0.4) is 0 Å². The summed E-state index contributed by atoms with van der Waals surface area (Å²) in [5, 5.41) is 3.40. The highest BCUT2D eigenvalue weighted by Gasteiger charge is 2.34. The van der Waals surface area contributed by atoms with Gasteiger partial charge in [-0.1, -0.05) is 72.1 Å². The minimum Gasteiger partial charge on any atom is -0.357 e. The molecule has 0 unspecified atom stereocenters. The van der Waals surface area contributed by atoms with Crippen LogP contribution in [-0.4, -0.2) is 44.8 Å². The third-order valence-electron chi connectivity index (χ3n) is 6.33. The monoisotopic (exact) mass is 575 g/mol. The molecule has 202 valence electrons. The molecule has 2 amide bonds. The standard InChI is InChI=1S/C28H31Cl2N3O4S/c1-5-25(28(35)31-4)32(17-21-9-6-7-10-24(21)30)27(34)18-33(26-12-8-11-23(29)20(26)3)38(36,37)22-15-13-19(2)14-16-22/h6-16,25H,5,17-18H2,1-4H3,(H,31,35)/t25-/m1/s1. The second kappa shape index (κ2) is 12.7. The molecule has 0 aliphatic rings. The minimum atomic E-state index is -4.18. The first-order valence-corrected chi connectivity index (χ1v) is 14.3. The molecule has 3 rings (SSSR count). The number of anilines is 1. The molecule has 0 spiro atoms. The topological polar surface area (TPSA) is 86.8 Å². The number of nitrogens with zero attached hydrogens (tertiary/aromatic N) is 2. The van der Waals surface area contributed by atoms with Crippen LogP contribution in [0, 0.1) is 13.8 Å². The smallest absolute Gasteiger partial charge is 0.264 e. The zero-order valence-corrected chi connectivity index (χ0v) is 24.1. The van der Waals surface area contributed by atoms with Crippen molar-refractivity contribution in [2.24, 2.45) is 0 Å². The quantitative estimate of drug-likeness (QED) is 0.352. The lowest BCUT2D eigenvalue weighted by atomic mass is 10.1. The number of hydrogen-bond acceptors (Lipinski definition) is 4. The maximum Gasteiger partial charge on any atom is 0.264 e. The molecule has 0 bridgehead atoms. The van der Waals surface area contributed by atoms with Gasteiger partial charge in [-0.2, -0.15) is 0 Å². The van der Waals surface area contributed by atoms with Crippen LogP contribution in [0.5, 0.6) is 0 Å². The van der Waals surface area contributed by atoms with Crippen LogP contribution in [-0.2, 0) is 26.2 Å². The predicted molar refractivity (Wildman–Crippen MR) is 152 cm³/mol. The van der Waals surface area contributed by atoms with E-state index in [1.54, 1.807) is 68.4 Å². The van der Waals surface area contributed by atoms with Gasteiger partial charge >= 0.3 is 0 Å². The average molecular weight is 577 g/mol. The fraction of sp³-hybridized carbons (Fsp3) is 0.286. The molecule has 38 heavy (non-hydrogen) atoms. The van der Waals surface area contributed by atoms with Gasteiger partial charge < -0.3 is 10.2 Å². The first-order valence-electron chi connectivity index (χ1n) is 12.1. The number of halogens is 2. The number of amides is 2. The van der Waals surface area contributed by atoms with E-state index in [1.807, 2.05) is 6.92 Å². The number of carbonyl (C=O) groups is 2. The van der Waals surface area contributed by atoms with Crippen molar-refractivity contribution in [3.05, 3.63) is 93.5 Å². The Morgan fingerprint density at radius 2 is 1.55 bits per heavy atom. The Bertz CT molecular complexity index is 1410. The van der Waals surface area contributed by atoms with Gasteiger partial charge in [0.05, 0.1) is 10.6 Å². The largest absolute Gasteiger partial charge is 0.357 e. The molecular formula is C28H31Cl2N3O4S. The summed E-state index contributed by atoms with van der Waals surface area (Å²) in [7, 11) is -2.68. The highest BCUT2D eigenvalue weighted by atomic mass is 35.5. The van der Waals surface area contributed by atoms with E-state index < -0.39 is 28.5 Å². The Morgan fingerprint density at radius 1 is 0.921 bits per heavy atom. The summed E-state index contributed by atoms with van der Waals surface area (Å²) in [4.78, 5) is 28.1. The van der Waals surface area contributed by atoms with Crippen LogP contribution in [0.1, 0.15) is 30.0 Å². The number of aryl methyl sites for hydroxylation is 1. The van der Waals surface area contributed by atoms with E-state index in [9.17, 15) is 18.0 Å². The predicted octanol–water partition coefficient (Wildman–Crippen LogP) is 5.36.